The van der Waals surface area contributed by atoms with Gasteiger partial charge in [0.05, 0.1) is 13.7 Å². The van der Waals surface area contributed by atoms with Crippen LogP contribution in [0.4, 0.5) is 0 Å². The molecule has 0 radical (unpaired) electrons. The van der Waals surface area contributed by atoms with Crippen LogP contribution in [0.25, 0.3) is 0 Å². The fourth-order valence-corrected chi connectivity index (χ4v) is 2.33. The van der Waals surface area contributed by atoms with Gasteiger partial charge >= 0.3 is 0 Å². The van der Waals surface area contributed by atoms with Crippen LogP contribution < -0.4 is 4.74 Å². The monoisotopic (exact) mass is 345 g/mol. The average molecular weight is 346 g/mol. The van der Waals surface area contributed by atoms with E-state index in [2.05, 4.69) is 26.9 Å². The highest BCUT2D eigenvalue weighted by molar-refractivity contribution is 9.10. The molecule has 5 heteroatoms. The molecule has 1 aromatic carbocycles. The topological polar surface area (TPSA) is 30.9 Å². The van der Waals surface area contributed by atoms with Gasteiger partial charge < -0.3 is 14.2 Å². The molecule has 0 aliphatic carbocycles. The lowest BCUT2D eigenvalue weighted by Crippen LogP contribution is -2.29. The lowest BCUT2D eigenvalue weighted by atomic mass is 10.2. The highest BCUT2D eigenvalue weighted by atomic mass is 79.9. The summed E-state index contributed by atoms with van der Waals surface area (Å²) in [7, 11) is 5.15. The van der Waals surface area contributed by atoms with Gasteiger partial charge in [-0.2, -0.15) is 0 Å². The van der Waals surface area contributed by atoms with Crippen molar-refractivity contribution >= 4 is 15.9 Å². The van der Waals surface area contributed by atoms with E-state index in [1.54, 1.807) is 21.3 Å². The molecule has 0 aromatic heterocycles. The average Bonchev–Trinajstić information content (AvgIpc) is 2.46. The standard InChI is InChI=1S/C15H24BrNO3/c1-18-9-4-7-17(8-10-19-2)12-13-11-14(20-3)5-6-15(13)16/h5-6,11H,4,7-10,12H2,1-3H3. The minimum Gasteiger partial charge on any atom is -0.497 e. The lowest BCUT2D eigenvalue weighted by Gasteiger charge is -2.22. The van der Waals surface area contributed by atoms with Crippen LogP contribution in [0.1, 0.15) is 12.0 Å². The second kappa shape index (κ2) is 10.2. The third-order valence-corrected chi connectivity index (χ3v) is 3.85. The van der Waals surface area contributed by atoms with E-state index in [9.17, 15) is 0 Å². The van der Waals surface area contributed by atoms with Gasteiger partial charge in [-0.25, -0.2) is 0 Å². The number of nitrogens with zero attached hydrogens (tertiary/aromatic N) is 1. The van der Waals surface area contributed by atoms with Gasteiger partial charge in [0, 0.05) is 44.9 Å². The summed E-state index contributed by atoms with van der Waals surface area (Å²) in [4.78, 5) is 2.36. The van der Waals surface area contributed by atoms with Crippen LogP contribution in [0, 0.1) is 0 Å². The number of hydrogen-bond donors (Lipinski definition) is 0. The number of methoxy groups -OCH3 is 3. The van der Waals surface area contributed by atoms with Gasteiger partial charge in [-0.3, -0.25) is 4.90 Å². The number of benzene rings is 1. The Labute approximate surface area is 130 Å². The van der Waals surface area contributed by atoms with E-state index in [1.807, 2.05) is 12.1 Å². The molecule has 1 aromatic rings. The lowest BCUT2D eigenvalue weighted by molar-refractivity contribution is 0.129. The first-order chi connectivity index (χ1) is 9.71. The summed E-state index contributed by atoms with van der Waals surface area (Å²) in [5, 5.41) is 0. The first-order valence-corrected chi connectivity index (χ1v) is 7.53. The summed E-state index contributed by atoms with van der Waals surface area (Å²) in [5.74, 6) is 0.881. The Bertz CT molecular complexity index is 387. The van der Waals surface area contributed by atoms with Crippen LogP contribution in [-0.4, -0.2) is 52.5 Å². The summed E-state index contributed by atoms with van der Waals surface area (Å²) < 4.78 is 16.7. The number of hydrogen-bond acceptors (Lipinski definition) is 4. The summed E-state index contributed by atoms with van der Waals surface area (Å²) >= 11 is 3.60. The predicted molar refractivity (Wildman–Crippen MR) is 84.3 cm³/mol. The molecular formula is C15H24BrNO3. The molecule has 0 bridgehead atoms. The van der Waals surface area contributed by atoms with Crippen molar-refractivity contribution in [3.63, 3.8) is 0 Å². The minimum absolute atomic E-state index is 0.731. The Hall–Kier alpha value is -0.620. The maximum absolute atomic E-state index is 5.29. The smallest absolute Gasteiger partial charge is 0.119 e. The van der Waals surface area contributed by atoms with E-state index in [0.717, 1.165) is 49.5 Å². The largest absolute Gasteiger partial charge is 0.497 e. The molecule has 0 N–H and O–H groups in total. The molecule has 0 amide bonds. The predicted octanol–water partition coefficient (Wildman–Crippen LogP) is 2.94. The third kappa shape index (κ3) is 6.22. The minimum atomic E-state index is 0.731. The Balaban J connectivity index is 2.66. The van der Waals surface area contributed by atoms with Crippen molar-refractivity contribution in [2.75, 3.05) is 47.6 Å². The van der Waals surface area contributed by atoms with Crippen LogP contribution in [0.5, 0.6) is 5.75 Å². The van der Waals surface area contributed by atoms with Gasteiger partial charge in [0.25, 0.3) is 0 Å². The quantitative estimate of drug-likeness (QED) is 0.610. The maximum atomic E-state index is 5.29. The van der Waals surface area contributed by atoms with Crippen LogP contribution >= 0.6 is 15.9 Å². The van der Waals surface area contributed by atoms with Crippen LogP contribution in [-0.2, 0) is 16.0 Å². The molecule has 0 fully saturated rings. The first kappa shape index (κ1) is 17.4. The van der Waals surface area contributed by atoms with Gasteiger partial charge in [-0.1, -0.05) is 15.9 Å². The van der Waals surface area contributed by atoms with Gasteiger partial charge in [-0.05, 0) is 30.2 Å². The van der Waals surface area contributed by atoms with Crippen molar-refractivity contribution in [2.45, 2.75) is 13.0 Å². The Morgan fingerprint density at radius 2 is 1.80 bits per heavy atom. The van der Waals surface area contributed by atoms with Crippen molar-refractivity contribution in [1.82, 2.24) is 4.90 Å². The van der Waals surface area contributed by atoms with Gasteiger partial charge in [0.1, 0.15) is 5.75 Å². The molecule has 0 heterocycles. The van der Waals surface area contributed by atoms with E-state index >= 15 is 0 Å². The fraction of sp³-hybridized carbons (Fsp3) is 0.600. The Morgan fingerprint density at radius 3 is 2.45 bits per heavy atom. The van der Waals surface area contributed by atoms with Crippen LogP contribution in [0.3, 0.4) is 0 Å². The third-order valence-electron chi connectivity index (χ3n) is 3.08. The zero-order valence-corrected chi connectivity index (χ0v) is 14.1. The number of rotatable bonds is 10. The second-order valence-electron chi connectivity index (χ2n) is 4.57. The van der Waals surface area contributed by atoms with Crippen LogP contribution in [0.15, 0.2) is 22.7 Å². The van der Waals surface area contributed by atoms with Crippen molar-refractivity contribution in [3.8, 4) is 5.75 Å². The molecule has 0 spiro atoms. The van der Waals surface area contributed by atoms with Gasteiger partial charge in [-0.15, -0.1) is 0 Å². The maximum Gasteiger partial charge on any atom is 0.119 e. The zero-order valence-electron chi connectivity index (χ0n) is 12.5. The molecule has 0 saturated heterocycles. The fourth-order valence-electron chi connectivity index (χ4n) is 1.96. The van der Waals surface area contributed by atoms with Crippen molar-refractivity contribution in [3.05, 3.63) is 28.2 Å². The molecule has 0 aliphatic heterocycles. The van der Waals surface area contributed by atoms with Crippen molar-refractivity contribution in [1.29, 1.82) is 0 Å². The Morgan fingerprint density at radius 1 is 1.05 bits per heavy atom. The van der Waals surface area contributed by atoms with Crippen molar-refractivity contribution in [2.24, 2.45) is 0 Å². The summed E-state index contributed by atoms with van der Waals surface area (Å²) in [6.07, 6.45) is 1.02. The summed E-state index contributed by atoms with van der Waals surface area (Å²) in [6, 6.07) is 6.05. The first-order valence-electron chi connectivity index (χ1n) is 6.74. The van der Waals surface area contributed by atoms with E-state index in [1.165, 1.54) is 5.56 Å². The van der Waals surface area contributed by atoms with E-state index in [-0.39, 0.29) is 0 Å². The Kier molecular flexibility index (Phi) is 8.85. The molecule has 0 unspecified atom stereocenters. The molecule has 0 saturated carbocycles. The highest BCUT2D eigenvalue weighted by Gasteiger charge is 2.09. The zero-order chi connectivity index (χ0) is 14.8. The summed E-state index contributed by atoms with van der Waals surface area (Å²) in [6.45, 7) is 4.27. The molecule has 20 heavy (non-hydrogen) atoms. The van der Waals surface area contributed by atoms with E-state index in [4.69, 9.17) is 14.2 Å². The van der Waals surface area contributed by atoms with E-state index < -0.39 is 0 Å². The SMILES string of the molecule is COCCCN(CCOC)Cc1cc(OC)ccc1Br. The van der Waals surface area contributed by atoms with Crippen molar-refractivity contribution < 1.29 is 14.2 Å². The molecular weight excluding hydrogens is 322 g/mol. The van der Waals surface area contributed by atoms with Crippen LogP contribution in [0.2, 0.25) is 0 Å². The molecule has 1 rings (SSSR count). The number of ether oxygens (including phenoxy) is 3. The highest BCUT2D eigenvalue weighted by Crippen LogP contribution is 2.23. The van der Waals surface area contributed by atoms with Gasteiger partial charge in [0.2, 0.25) is 0 Å². The molecule has 0 aliphatic rings. The van der Waals surface area contributed by atoms with E-state index in [0.29, 0.717) is 0 Å². The molecule has 4 nitrogen and oxygen atoms in total. The molecule has 114 valence electrons. The molecule has 0 atom stereocenters. The summed E-state index contributed by atoms with van der Waals surface area (Å²) in [5.41, 5.74) is 1.22. The number of halogens is 1. The second-order valence-corrected chi connectivity index (χ2v) is 5.43. The normalized spacial score (nSPS) is 11.1. The van der Waals surface area contributed by atoms with Gasteiger partial charge in [0.15, 0.2) is 0 Å².